The molecule has 1 heterocycles. The fraction of sp³-hybridized carbons (Fsp3) is 0.833. The van der Waals surface area contributed by atoms with Crippen LogP contribution in [0.15, 0.2) is 0 Å². The molecule has 0 aromatic heterocycles. The molecule has 2 rings (SSSR count). The van der Waals surface area contributed by atoms with Crippen molar-refractivity contribution >= 4 is 5.91 Å². The lowest BCUT2D eigenvalue weighted by Crippen LogP contribution is -2.33. The molecule has 0 aromatic carbocycles. The summed E-state index contributed by atoms with van der Waals surface area (Å²) in [4.78, 5) is 12.8. The van der Waals surface area contributed by atoms with Gasteiger partial charge in [0, 0.05) is 12.5 Å². The van der Waals surface area contributed by atoms with E-state index in [0.717, 1.165) is 13.0 Å². The van der Waals surface area contributed by atoms with Crippen LogP contribution in [-0.4, -0.2) is 24.0 Å². The van der Waals surface area contributed by atoms with E-state index in [-0.39, 0.29) is 5.91 Å². The van der Waals surface area contributed by atoms with E-state index in [9.17, 15) is 4.79 Å². The Morgan fingerprint density at radius 3 is 2.89 bits per heavy atom. The van der Waals surface area contributed by atoms with Gasteiger partial charge >= 0.3 is 0 Å². The highest BCUT2D eigenvalue weighted by atomic mass is 16.2. The lowest BCUT2D eigenvalue weighted by atomic mass is 10.4. The highest BCUT2D eigenvalue weighted by Gasteiger charge is 2.51. The number of carbonyl (C=O) groups is 1. The molecule has 1 saturated heterocycles. The summed E-state index contributed by atoms with van der Waals surface area (Å²) in [6.07, 6.45) is 1.12. The first kappa shape index (κ1) is 5.23. The zero-order valence-corrected chi connectivity index (χ0v) is 5.21. The van der Waals surface area contributed by atoms with Gasteiger partial charge in [0.25, 0.3) is 0 Å². The molecule has 2 unspecified atom stereocenters. The minimum atomic E-state index is 0.280. The fourth-order valence-corrected chi connectivity index (χ4v) is 1.52. The summed E-state index contributed by atoms with van der Waals surface area (Å²) in [5, 5.41) is 0. The quantitative estimate of drug-likeness (QED) is 0.509. The van der Waals surface area contributed by atoms with Crippen molar-refractivity contribution in [1.82, 2.24) is 4.90 Å². The molecule has 2 fully saturated rings. The Morgan fingerprint density at radius 1 is 1.78 bits per heavy atom. The highest BCUT2D eigenvalue weighted by Crippen LogP contribution is 2.45. The Balaban J connectivity index is 2.08. The first-order chi connectivity index (χ1) is 4.33. The molecular formula is C6H10N2O. The lowest BCUT2D eigenvalue weighted by Gasteiger charge is -2.13. The first-order valence-corrected chi connectivity index (χ1v) is 3.32. The average molecular weight is 126 g/mol. The molecule has 1 amide bonds. The van der Waals surface area contributed by atoms with Crippen LogP contribution in [0.3, 0.4) is 0 Å². The molecular weight excluding hydrogens is 116 g/mol. The van der Waals surface area contributed by atoms with Crippen molar-refractivity contribution in [1.29, 1.82) is 0 Å². The molecule has 50 valence electrons. The maximum Gasteiger partial charge on any atom is 0.227 e. The van der Waals surface area contributed by atoms with Crippen LogP contribution in [0.1, 0.15) is 6.42 Å². The lowest BCUT2D eigenvalue weighted by molar-refractivity contribution is -0.129. The molecule has 1 aliphatic carbocycles. The van der Waals surface area contributed by atoms with Crippen molar-refractivity contribution in [2.75, 3.05) is 13.2 Å². The Labute approximate surface area is 53.8 Å². The van der Waals surface area contributed by atoms with E-state index in [1.807, 2.05) is 0 Å². The van der Waals surface area contributed by atoms with Gasteiger partial charge in [0.05, 0.1) is 6.67 Å². The summed E-state index contributed by atoms with van der Waals surface area (Å²) in [6, 6.07) is 0. The van der Waals surface area contributed by atoms with Crippen LogP contribution in [0, 0.1) is 11.8 Å². The smallest absolute Gasteiger partial charge is 0.227 e. The maximum atomic E-state index is 11.0. The largest absolute Gasteiger partial charge is 0.330 e. The van der Waals surface area contributed by atoms with E-state index in [4.69, 9.17) is 5.73 Å². The Kier molecular flexibility index (Phi) is 0.858. The second kappa shape index (κ2) is 1.48. The SMILES string of the molecule is NCN1CC2CC2C1=O. The molecule has 0 aromatic rings. The average Bonchev–Trinajstić information content (AvgIpc) is 2.55. The molecule has 1 saturated carbocycles. The topological polar surface area (TPSA) is 46.3 Å². The molecule has 2 aliphatic rings. The summed E-state index contributed by atoms with van der Waals surface area (Å²) in [7, 11) is 0. The van der Waals surface area contributed by atoms with Crippen molar-refractivity contribution in [2.24, 2.45) is 17.6 Å². The number of likely N-dealkylation sites (tertiary alicyclic amines) is 1. The number of rotatable bonds is 1. The molecule has 2 atom stereocenters. The third kappa shape index (κ3) is 0.580. The Morgan fingerprint density at radius 2 is 2.56 bits per heavy atom. The van der Waals surface area contributed by atoms with Crippen molar-refractivity contribution in [3.63, 3.8) is 0 Å². The minimum absolute atomic E-state index is 0.280. The number of amides is 1. The van der Waals surface area contributed by atoms with Crippen LogP contribution in [0.25, 0.3) is 0 Å². The van der Waals surface area contributed by atoms with Gasteiger partial charge < -0.3 is 10.6 Å². The molecule has 2 N–H and O–H groups in total. The van der Waals surface area contributed by atoms with Crippen molar-refractivity contribution in [3.05, 3.63) is 0 Å². The van der Waals surface area contributed by atoms with Gasteiger partial charge in [-0.2, -0.15) is 0 Å². The third-order valence-electron chi connectivity index (χ3n) is 2.23. The summed E-state index contributed by atoms with van der Waals surface area (Å²) < 4.78 is 0. The monoisotopic (exact) mass is 126 g/mol. The second-order valence-electron chi connectivity index (χ2n) is 2.85. The van der Waals surface area contributed by atoms with Gasteiger partial charge in [0.15, 0.2) is 0 Å². The van der Waals surface area contributed by atoms with E-state index < -0.39 is 0 Å². The fourth-order valence-electron chi connectivity index (χ4n) is 1.52. The number of nitrogens with two attached hydrogens (primary N) is 1. The molecule has 3 heteroatoms. The van der Waals surface area contributed by atoms with Gasteiger partial charge in [0.2, 0.25) is 5.91 Å². The second-order valence-corrected chi connectivity index (χ2v) is 2.85. The van der Waals surface area contributed by atoms with Crippen LogP contribution in [0.5, 0.6) is 0 Å². The number of carbonyl (C=O) groups excluding carboxylic acids is 1. The van der Waals surface area contributed by atoms with Crippen molar-refractivity contribution < 1.29 is 4.79 Å². The van der Waals surface area contributed by atoms with Gasteiger partial charge in [-0.25, -0.2) is 0 Å². The van der Waals surface area contributed by atoms with Crippen LogP contribution in [0.2, 0.25) is 0 Å². The first-order valence-electron chi connectivity index (χ1n) is 3.32. The van der Waals surface area contributed by atoms with E-state index in [2.05, 4.69) is 0 Å². The minimum Gasteiger partial charge on any atom is -0.330 e. The maximum absolute atomic E-state index is 11.0. The third-order valence-corrected chi connectivity index (χ3v) is 2.23. The summed E-state index contributed by atoms with van der Waals surface area (Å²) in [6.45, 7) is 1.33. The molecule has 1 aliphatic heterocycles. The molecule has 0 radical (unpaired) electrons. The normalized spacial score (nSPS) is 39.2. The number of fused-ring (bicyclic) bond motifs is 1. The zero-order chi connectivity index (χ0) is 6.43. The predicted molar refractivity (Wildman–Crippen MR) is 32.4 cm³/mol. The van der Waals surface area contributed by atoms with Gasteiger partial charge in [-0.05, 0) is 12.3 Å². The highest BCUT2D eigenvalue weighted by molar-refractivity contribution is 5.84. The van der Waals surface area contributed by atoms with Crippen LogP contribution >= 0.6 is 0 Å². The zero-order valence-electron chi connectivity index (χ0n) is 5.21. The van der Waals surface area contributed by atoms with E-state index in [1.54, 1.807) is 4.90 Å². The number of hydrogen-bond acceptors (Lipinski definition) is 2. The Bertz CT molecular complexity index is 157. The standard InChI is InChI=1S/C6H10N2O/c7-3-8-2-4-1-5(4)6(8)9/h4-5H,1-3,7H2. The summed E-state index contributed by atoms with van der Waals surface area (Å²) >= 11 is 0. The van der Waals surface area contributed by atoms with Gasteiger partial charge in [-0.1, -0.05) is 0 Å². The van der Waals surface area contributed by atoms with Crippen molar-refractivity contribution in [2.45, 2.75) is 6.42 Å². The van der Waals surface area contributed by atoms with Crippen LogP contribution < -0.4 is 5.73 Å². The summed E-state index contributed by atoms with van der Waals surface area (Å²) in [5.74, 6) is 1.32. The van der Waals surface area contributed by atoms with Gasteiger partial charge in [-0.15, -0.1) is 0 Å². The molecule has 0 bridgehead atoms. The van der Waals surface area contributed by atoms with E-state index >= 15 is 0 Å². The van der Waals surface area contributed by atoms with Crippen LogP contribution in [0.4, 0.5) is 0 Å². The van der Waals surface area contributed by atoms with Gasteiger partial charge in [-0.3, -0.25) is 4.79 Å². The molecule has 0 spiro atoms. The number of hydrogen-bond donors (Lipinski definition) is 1. The van der Waals surface area contributed by atoms with Crippen LogP contribution in [-0.2, 0) is 4.79 Å². The predicted octanol–water partition coefficient (Wildman–Crippen LogP) is -0.619. The Hall–Kier alpha value is -0.570. The van der Waals surface area contributed by atoms with E-state index in [0.29, 0.717) is 18.5 Å². The van der Waals surface area contributed by atoms with E-state index in [1.165, 1.54) is 0 Å². The molecule has 9 heavy (non-hydrogen) atoms. The van der Waals surface area contributed by atoms with Gasteiger partial charge in [0.1, 0.15) is 0 Å². The number of piperidine rings is 1. The summed E-state index contributed by atoms with van der Waals surface area (Å²) in [5.41, 5.74) is 5.31. The van der Waals surface area contributed by atoms with Crippen molar-refractivity contribution in [3.8, 4) is 0 Å². The number of nitrogens with zero attached hydrogens (tertiary/aromatic N) is 1. The molecule has 3 nitrogen and oxygen atoms in total.